The number of rotatable bonds is 1. The average Bonchev–Trinajstić information content (AvgIpc) is 1.97. The molecule has 0 aliphatic heterocycles. The molecule has 0 heterocycles. The molecular formula is C9H18N2O. The fourth-order valence-corrected chi connectivity index (χ4v) is 1.41. The van der Waals surface area contributed by atoms with Crippen LogP contribution in [0, 0.1) is 5.41 Å². The van der Waals surface area contributed by atoms with Crippen molar-refractivity contribution in [2.75, 3.05) is 14.1 Å². The molecule has 1 aliphatic rings. The minimum atomic E-state index is 0.0211. The van der Waals surface area contributed by atoms with Crippen molar-refractivity contribution >= 4 is 6.03 Å². The van der Waals surface area contributed by atoms with E-state index in [1.165, 1.54) is 6.42 Å². The van der Waals surface area contributed by atoms with E-state index in [4.69, 9.17) is 0 Å². The fraction of sp³-hybridized carbons (Fsp3) is 0.889. The third-order valence-electron chi connectivity index (χ3n) is 2.72. The number of carbonyl (C=O) groups excluding carboxylic acids is 1. The number of urea groups is 1. The predicted molar refractivity (Wildman–Crippen MR) is 49.0 cm³/mol. The van der Waals surface area contributed by atoms with Crippen molar-refractivity contribution in [3.05, 3.63) is 0 Å². The Kier molecular flexibility index (Phi) is 2.31. The second-order valence-corrected chi connectivity index (χ2v) is 4.42. The summed E-state index contributed by atoms with van der Waals surface area (Å²) in [6.07, 6.45) is 2.33. The van der Waals surface area contributed by atoms with E-state index >= 15 is 0 Å². The summed E-state index contributed by atoms with van der Waals surface area (Å²) in [5, 5.41) is 2.99. The van der Waals surface area contributed by atoms with Gasteiger partial charge in [-0.2, -0.15) is 0 Å². The molecule has 1 saturated carbocycles. The van der Waals surface area contributed by atoms with Crippen LogP contribution in [0.25, 0.3) is 0 Å². The molecule has 0 aromatic rings. The summed E-state index contributed by atoms with van der Waals surface area (Å²) in [6, 6.07) is 0.389. The quantitative estimate of drug-likeness (QED) is 0.634. The van der Waals surface area contributed by atoms with Crippen LogP contribution >= 0.6 is 0 Å². The summed E-state index contributed by atoms with van der Waals surface area (Å²) >= 11 is 0. The molecule has 0 spiro atoms. The first-order valence-corrected chi connectivity index (χ1v) is 4.41. The van der Waals surface area contributed by atoms with Crippen molar-refractivity contribution in [3.8, 4) is 0 Å². The topological polar surface area (TPSA) is 32.3 Å². The van der Waals surface area contributed by atoms with Gasteiger partial charge >= 0.3 is 6.03 Å². The van der Waals surface area contributed by atoms with Gasteiger partial charge in [0.1, 0.15) is 0 Å². The molecule has 3 nitrogen and oxygen atoms in total. The van der Waals surface area contributed by atoms with E-state index in [0.29, 0.717) is 11.5 Å². The smallest absolute Gasteiger partial charge is 0.317 e. The third kappa shape index (κ3) is 1.71. The van der Waals surface area contributed by atoms with E-state index in [1.54, 1.807) is 19.0 Å². The van der Waals surface area contributed by atoms with E-state index in [2.05, 4.69) is 19.2 Å². The van der Waals surface area contributed by atoms with Gasteiger partial charge in [0, 0.05) is 20.1 Å². The van der Waals surface area contributed by atoms with Crippen LogP contribution in [0.4, 0.5) is 4.79 Å². The maximum absolute atomic E-state index is 11.2. The first kappa shape index (κ1) is 9.36. The van der Waals surface area contributed by atoms with Gasteiger partial charge in [0.25, 0.3) is 0 Å². The van der Waals surface area contributed by atoms with Crippen LogP contribution < -0.4 is 5.32 Å². The van der Waals surface area contributed by atoms with Crippen LogP contribution in [0.5, 0.6) is 0 Å². The molecule has 1 N–H and O–H groups in total. The Morgan fingerprint density at radius 1 is 1.50 bits per heavy atom. The lowest BCUT2D eigenvalue weighted by atomic mass is 9.67. The Labute approximate surface area is 74.1 Å². The molecular weight excluding hydrogens is 152 g/mol. The lowest BCUT2D eigenvalue weighted by Gasteiger charge is -2.45. The van der Waals surface area contributed by atoms with Gasteiger partial charge in [0.2, 0.25) is 0 Å². The van der Waals surface area contributed by atoms with Crippen LogP contribution in [-0.4, -0.2) is 31.1 Å². The van der Waals surface area contributed by atoms with Gasteiger partial charge < -0.3 is 10.2 Å². The van der Waals surface area contributed by atoms with Gasteiger partial charge in [-0.3, -0.25) is 0 Å². The molecule has 1 unspecified atom stereocenters. The van der Waals surface area contributed by atoms with Crippen LogP contribution in [0.15, 0.2) is 0 Å². The molecule has 1 rings (SSSR count). The molecule has 1 atom stereocenters. The molecule has 3 heteroatoms. The first-order valence-electron chi connectivity index (χ1n) is 4.41. The standard InChI is InChI=1S/C9H18N2O/c1-9(2)6-5-7(9)10-8(12)11(3)4/h7H,5-6H2,1-4H3,(H,10,12). The van der Waals surface area contributed by atoms with Gasteiger partial charge in [0.05, 0.1) is 0 Å². The van der Waals surface area contributed by atoms with E-state index in [-0.39, 0.29) is 6.03 Å². The molecule has 2 amide bonds. The minimum Gasteiger partial charge on any atom is -0.335 e. The van der Waals surface area contributed by atoms with Crippen LogP contribution in [0.1, 0.15) is 26.7 Å². The second-order valence-electron chi connectivity index (χ2n) is 4.42. The maximum atomic E-state index is 11.2. The van der Waals surface area contributed by atoms with Crippen molar-refractivity contribution in [2.24, 2.45) is 5.41 Å². The Bertz CT molecular complexity index is 187. The highest BCUT2D eigenvalue weighted by Crippen LogP contribution is 2.39. The highest BCUT2D eigenvalue weighted by atomic mass is 16.2. The zero-order chi connectivity index (χ0) is 9.35. The molecule has 1 fully saturated rings. The van der Waals surface area contributed by atoms with Gasteiger partial charge in [-0.05, 0) is 18.3 Å². The highest BCUT2D eigenvalue weighted by molar-refractivity contribution is 5.74. The van der Waals surface area contributed by atoms with Crippen LogP contribution in [-0.2, 0) is 0 Å². The summed E-state index contributed by atoms with van der Waals surface area (Å²) in [4.78, 5) is 12.8. The summed E-state index contributed by atoms with van der Waals surface area (Å²) < 4.78 is 0. The molecule has 0 radical (unpaired) electrons. The predicted octanol–water partition coefficient (Wildman–Crippen LogP) is 1.45. The number of amides is 2. The number of nitrogens with zero attached hydrogens (tertiary/aromatic N) is 1. The SMILES string of the molecule is CN(C)C(=O)NC1CCC1(C)C. The summed E-state index contributed by atoms with van der Waals surface area (Å²) in [5.74, 6) is 0. The van der Waals surface area contributed by atoms with Crippen molar-refractivity contribution in [3.63, 3.8) is 0 Å². The molecule has 1 aliphatic carbocycles. The molecule has 0 bridgehead atoms. The Morgan fingerprint density at radius 2 is 2.08 bits per heavy atom. The highest BCUT2D eigenvalue weighted by Gasteiger charge is 2.39. The number of nitrogens with one attached hydrogen (secondary N) is 1. The molecule has 0 aromatic heterocycles. The average molecular weight is 170 g/mol. The lowest BCUT2D eigenvalue weighted by molar-refractivity contribution is 0.109. The maximum Gasteiger partial charge on any atom is 0.317 e. The Balaban J connectivity index is 2.38. The number of hydrogen-bond donors (Lipinski definition) is 1. The summed E-state index contributed by atoms with van der Waals surface area (Å²) in [5.41, 5.74) is 0.297. The fourth-order valence-electron chi connectivity index (χ4n) is 1.41. The van der Waals surface area contributed by atoms with E-state index < -0.39 is 0 Å². The molecule has 0 saturated heterocycles. The van der Waals surface area contributed by atoms with Crippen molar-refractivity contribution in [1.82, 2.24) is 10.2 Å². The summed E-state index contributed by atoms with van der Waals surface area (Å²) in [7, 11) is 3.53. The third-order valence-corrected chi connectivity index (χ3v) is 2.72. The van der Waals surface area contributed by atoms with E-state index in [1.807, 2.05) is 0 Å². The zero-order valence-corrected chi connectivity index (χ0v) is 8.35. The van der Waals surface area contributed by atoms with Crippen molar-refractivity contribution in [2.45, 2.75) is 32.7 Å². The molecule has 70 valence electrons. The summed E-state index contributed by atoms with van der Waals surface area (Å²) in [6.45, 7) is 4.38. The van der Waals surface area contributed by atoms with Gasteiger partial charge in [-0.25, -0.2) is 4.79 Å². The molecule has 12 heavy (non-hydrogen) atoms. The normalized spacial score (nSPS) is 25.8. The van der Waals surface area contributed by atoms with Crippen LogP contribution in [0.2, 0.25) is 0 Å². The second kappa shape index (κ2) is 2.96. The monoisotopic (exact) mass is 170 g/mol. The first-order chi connectivity index (χ1) is 5.43. The number of carbonyl (C=O) groups is 1. The number of hydrogen-bond acceptors (Lipinski definition) is 1. The lowest BCUT2D eigenvalue weighted by Crippen LogP contribution is -2.54. The zero-order valence-electron chi connectivity index (χ0n) is 8.35. The molecule has 0 aromatic carbocycles. The van der Waals surface area contributed by atoms with Crippen molar-refractivity contribution in [1.29, 1.82) is 0 Å². The Morgan fingerprint density at radius 3 is 2.33 bits per heavy atom. The van der Waals surface area contributed by atoms with Gasteiger partial charge in [-0.15, -0.1) is 0 Å². The minimum absolute atomic E-state index is 0.0211. The van der Waals surface area contributed by atoms with E-state index in [9.17, 15) is 4.79 Å². The van der Waals surface area contributed by atoms with E-state index in [0.717, 1.165) is 6.42 Å². The van der Waals surface area contributed by atoms with Crippen LogP contribution in [0.3, 0.4) is 0 Å². The van der Waals surface area contributed by atoms with Crippen molar-refractivity contribution < 1.29 is 4.79 Å². The largest absolute Gasteiger partial charge is 0.335 e. The Hall–Kier alpha value is -0.730. The van der Waals surface area contributed by atoms with Gasteiger partial charge in [0.15, 0.2) is 0 Å². The van der Waals surface area contributed by atoms with Gasteiger partial charge in [-0.1, -0.05) is 13.8 Å².